The van der Waals surface area contributed by atoms with Gasteiger partial charge in [-0.05, 0) is 71.4 Å². The Bertz CT molecular complexity index is 2050. The molecule has 1 fully saturated rings. The van der Waals surface area contributed by atoms with E-state index in [1.807, 2.05) is 58.0 Å². The molecule has 1 aliphatic heterocycles. The molecule has 3 atom stereocenters. The topological polar surface area (TPSA) is 149 Å². The van der Waals surface area contributed by atoms with E-state index in [1.165, 1.54) is 16.5 Å². The molecule has 1 aromatic carbocycles. The van der Waals surface area contributed by atoms with E-state index in [1.54, 1.807) is 24.5 Å². The van der Waals surface area contributed by atoms with Crippen molar-refractivity contribution in [3.05, 3.63) is 94.6 Å². The third-order valence-electron chi connectivity index (χ3n) is 8.67. The van der Waals surface area contributed by atoms with Crippen molar-refractivity contribution in [2.24, 2.45) is 0 Å². The van der Waals surface area contributed by atoms with E-state index < -0.39 is 18.0 Å². The van der Waals surface area contributed by atoms with Gasteiger partial charge in [0, 0.05) is 42.3 Å². The molecule has 0 bridgehead atoms. The predicted octanol–water partition coefficient (Wildman–Crippen LogP) is 6.16. The summed E-state index contributed by atoms with van der Waals surface area (Å²) in [5.74, 6) is 0.363. The summed E-state index contributed by atoms with van der Waals surface area (Å²) in [6.07, 6.45) is 5.38. The number of amides is 2. The molecule has 48 heavy (non-hydrogen) atoms. The molecule has 4 aromatic heterocycles. The smallest absolute Gasteiger partial charge is 0.248 e. The number of nitrogens with one attached hydrogen (secondary N) is 1. The summed E-state index contributed by atoms with van der Waals surface area (Å²) in [5, 5.41) is 12.3. The second kappa shape index (κ2) is 13.2. The van der Waals surface area contributed by atoms with Crippen LogP contribution in [0.1, 0.15) is 72.4 Å². The molecule has 2 amide bonds. The number of rotatable bonds is 9. The fourth-order valence-corrected chi connectivity index (χ4v) is 6.41. The number of hydrogen-bond acceptors (Lipinski definition) is 9. The molecule has 5 aromatic rings. The third-order valence-corrected chi connectivity index (χ3v) is 9.11. The van der Waals surface area contributed by atoms with Gasteiger partial charge in [-0.3, -0.25) is 19.1 Å². The van der Waals surface area contributed by atoms with Crippen LogP contribution in [0.15, 0.2) is 70.6 Å². The van der Waals surface area contributed by atoms with Gasteiger partial charge in [0.15, 0.2) is 5.78 Å². The van der Waals surface area contributed by atoms with E-state index in [4.69, 9.17) is 4.52 Å². The van der Waals surface area contributed by atoms with E-state index in [2.05, 4.69) is 53.0 Å². The number of ketones is 1. The van der Waals surface area contributed by atoms with Crippen LogP contribution in [-0.4, -0.2) is 64.5 Å². The summed E-state index contributed by atoms with van der Waals surface area (Å²) in [7, 11) is 0. The number of Topliss-reactive ketones (excluding diaryl/α,β-unsaturated/α-hetero) is 1. The van der Waals surface area contributed by atoms with E-state index in [0.717, 1.165) is 22.4 Å². The van der Waals surface area contributed by atoms with Crippen molar-refractivity contribution >= 4 is 50.2 Å². The van der Waals surface area contributed by atoms with Crippen LogP contribution < -0.4 is 5.32 Å². The van der Waals surface area contributed by atoms with E-state index >= 15 is 0 Å². The van der Waals surface area contributed by atoms with Gasteiger partial charge in [0.05, 0.1) is 17.3 Å². The van der Waals surface area contributed by atoms with E-state index in [9.17, 15) is 14.4 Å². The minimum atomic E-state index is -0.888. The van der Waals surface area contributed by atoms with Gasteiger partial charge in [-0.1, -0.05) is 37.2 Å². The molecule has 0 saturated carbocycles. The summed E-state index contributed by atoms with van der Waals surface area (Å²) in [6, 6.07) is 9.59. The Morgan fingerprint density at radius 2 is 1.85 bits per heavy atom. The Labute approximate surface area is 285 Å². The number of nitrogens with zero attached hydrogens (tertiary/aromatic N) is 7. The number of anilines is 1. The molecule has 0 unspecified atom stereocenters. The molecule has 0 spiro atoms. The number of pyridine rings is 1. The first kappa shape index (κ1) is 32.9. The van der Waals surface area contributed by atoms with Crippen LogP contribution in [0.5, 0.6) is 0 Å². The lowest BCUT2D eigenvalue weighted by Gasteiger charge is -2.29. The van der Waals surface area contributed by atoms with E-state index in [0.29, 0.717) is 32.9 Å². The van der Waals surface area contributed by atoms with Gasteiger partial charge >= 0.3 is 0 Å². The van der Waals surface area contributed by atoms with Crippen molar-refractivity contribution in [2.75, 3.05) is 5.32 Å². The number of benzene rings is 1. The largest absolute Gasteiger partial charge is 0.361 e. The number of fused-ring (bicyclic) bond motifs is 1. The highest BCUT2D eigenvalue weighted by atomic mass is 79.9. The number of hydrogen-bond donors (Lipinski definition) is 1. The molecule has 0 radical (unpaired) electrons. The molecule has 1 N–H and O–H groups in total. The Kier molecular flexibility index (Phi) is 9.06. The highest BCUT2D eigenvalue weighted by molar-refractivity contribution is 9.10. The van der Waals surface area contributed by atoms with Crippen LogP contribution in [0.25, 0.3) is 22.0 Å². The molecule has 0 aliphatic carbocycles. The Hall–Kier alpha value is -5.04. The fourth-order valence-electron chi connectivity index (χ4n) is 6.10. The molecule has 246 valence electrons. The van der Waals surface area contributed by atoms with Gasteiger partial charge < -0.3 is 14.7 Å². The van der Waals surface area contributed by atoms with Crippen molar-refractivity contribution in [3.8, 4) is 11.1 Å². The van der Waals surface area contributed by atoms with Crippen LogP contribution >= 0.6 is 15.9 Å². The van der Waals surface area contributed by atoms with Crippen LogP contribution in [0.2, 0.25) is 0 Å². The summed E-state index contributed by atoms with van der Waals surface area (Å²) < 4.78 is 7.84. The summed E-state index contributed by atoms with van der Waals surface area (Å²) in [4.78, 5) is 55.6. The zero-order valence-corrected chi connectivity index (χ0v) is 28.9. The Morgan fingerprint density at radius 1 is 1.10 bits per heavy atom. The number of aromatic nitrogens is 6. The van der Waals surface area contributed by atoms with Crippen LogP contribution in [0.4, 0.5) is 5.82 Å². The van der Waals surface area contributed by atoms with Crippen molar-refractivity contribution in [3.63, 3.8) is 0 Å². The molecule has 1 saturated heterocycles. The van der Waals surface area contributed by atoms with Gasteiger partial charge in [-0.2, -0.15) is 5.10 Å². The van der Waals surface area contributed by atoms with Crippen molar-refractivity contribution in [1.29, 1.82) is 0 Å². The summed E-state index contributed by atoms with van der Waals surface area (Å²) in [5.41, 5.74) is 3.99. The van der Waals surface area contributed by atoms with Crippen LogP contribution in [-0.2, 0) is 16.1 Å². The van der Waals surface area contributed by atoms with Crippen molar-refractivity contribution in [2.45, 2.75) is 71.5 Å². The van der Waals surface area contributed by atoms with E-state index in [-0.39, 0.29) is 42.2 Å². The van der Waals surface area contributed by atoms with Crippen LogP contribution in [0.3, 0.4) is 0 Å². The lowest BCUT2D eigenvalue weighted by Crippen LogP contribution is -2.48. The molecule has 1 aliphatic rings. The quantitative estimate of drug-likeness (QED) is 0.108. The molecule has 6 rings (SSSR count). The highest BCUT2D eigenvalue weighted by Gasteiger charge is 2.48. The zero-order chi connectivity index (χ0) is 34.3. The van der Waals surface area contributed by atoms with Crippen LogP contribution in [0, 0.1) is 13.8 Å². The average Bonchev–Trinajstić information content (AvgIpc) is 3.79. The summed E-state index contributed by atoms with van der Waals surface area (Å²) in [6.45, 7) is 12.9. The first-order valence-electron chi connectivity index (χ1n) is 15.6. The second-order valence-corrected chi connectivity index (χ2v) is 13.1. The Balaban J connectivity index is 1.37. The van der Waals surface area contributed by atoms with Gasteiger partial charge in [-0.25, -0.2) is 15.0 Å². The monoisotopic (exact) mass is 710 g/mol. The minimum absolute atomic E-state index is 0.135. The number of carbonyl (C=O) groups is 3. The minimum Gasteiger partial charge on any atom is -0.361 e. The maximum Gasteiger partial charge on any atom is 0.248 e. The number of aryl methyl sites for hydroxylation is 2. The normalized spacial score (nSPS) is 17.6. The van der Waals surface area contributed by atoms with Gasteiger partial charge in [0.1, 0.15) is 40.3 Å². The molecule has 12 nitrogen and oxygen atoms in total. The predicted molar refractivity (Wildman–Crippen MR) is 183 cm³/mol. The highest BCUT2D eigenvalue weighted by Crippen LogP contribution is 2.40. The molecule has 13 heteroatoms. The Morgan fingerprint density at radius 3 is 2.52 bits per heavy atom. The average molecular weight is 712 g/mol. The first-order chi connectivity index (χ1) is 22.9. The molecular formula is C35H35BrN8O4. The zero-order valence-electron chi connectivity index (χ0n) is 27.3. The maximum atomic E-state index is 14.4. The van der Waals surface area contributed by atoms with Gasteiger partial charge in [0.25, 0.3) is 0 Å². The lowest BCUT2D eigenvalue weighted by atomic mass is 9.95. The third kappa shape index (κ3) is 6.29. The summed E-state index contributed by atoms with van der Waals surface area (Å²) >= 11 is 3.37. The number of likely N-dealkylation sites (tertiary alicyclic amines) is 1. The van der Waals surface area contributed by atoms with Crippen molar-refractivity contribution in [1.82, 2.24) is 34.8 Å². The second-order valence-electron chi connectivity index (χ2n) is 12.3. The SMILES string of the molecule is C=C[C@@H]1[C@@H](c2cc(C(C)C)no2)C[C@@H](C(=O)Nc2nc(Br)ccc2C)N1C(=O)Cn1nc(C(C)=O)c2cc(-c3cnc(C)nc3)ccc21. The molecule has 5 heterocycles. The van der Waals surface area contributed by atoms with Gasteiger partial charge in [0.2, 0.25) is 11.8 Å². The number of halogens is 1. The lowest BCUT2D eigenvalue weighted by molar-refractivity contribution is -0.138. The standard InChI is InChI=1S/C35H35BrN8O4/c1-7-27-24(30-14-26(18(2)3)42-48-30)13-29(35(47)40-34-19(4)8-11-31(36)39-34)44(27)32(46)17-43-28-10-9-22(23-15-37-21(6)38-16-23)12-25(28)33(41-43)20(5)45/h7-12,14-16,18,24,27,29H,1,13,17H2,2-6H3,(H,39,40,47)/t24-,27+,29-/m0/s1. The first-order valence-corrected chi connectivity index (χ1v) is 16.4. The number of carbonyl (C=O) groups excluding carboxylic acids is 3. The molecular weight excluding hydrogens is 676 g/mol. The fraction of sp³-hybridized carbons (Fsp3) is 0.314. The maximum absolute atomic E-state index is 14.4. The van der Waals surface area contributed by atoms with Gasteiger partial charge in [-0.15, -0.1) is 6.58 Å². The van der Waals surface area contributed by atoms with Crippen molar-refractivity contribution < 1.29 is 18.9 Å².